The average Bonchev–Trinajstić information content (AvgIpc) is 2.63. The van der Waals surface area contributed by atoms with Gasteiger partial charge in [-0.15, -0.1) is 0 Å². The molecular formula is C21H29NO5. The Kier molecular flexibility index (Phi) is 6.63. The van der Waals surface area contributed by atoms with E-state index in [0.717, 1.165) is 0 Å². The summed E-state index contributed by atoms with van der Waals surface area (Å²) < 4.78 is 11.2. The zero-order valence-corrected chi connectivity index (χ0v) is 16.9. The van der Waals surface area contributed by atoms with Crippen molar-refractivity contribution in [3.8, 4) is 5.75 Å². The molecule has 2 unspecified atom stereocenters. The monoisotopic (exact) mass is 375 g/mol. The molecule has 1 heterocycles. The average molecular weight is 375 g/mol. The highest BCUT2D eigenvalue weighted by molar-refractivity contribution is 6.06. The van der Waals surface area contributed by atoms with Gasteiger partial charge >= 0.3 is 5.97 Å². The predicted octanol–water partition coefficient (Wildman–Crippen LogP) is 3.62. The number of esters is 1. The van der Waals surface area contributed by atoms with Crippen LogP contribution in [0.5, 0.6) is 5.75 Å². The highest BCUT2D eigenvalue weighted by Gasteiger charge is 2.41. The van der Waals surface area contributed by atoms with Crippen LogP contribution in [0, 0.1) is 11.8 Å². The van der Waals surface area contributed by atoms with Gasteiger partial charge in [0.25, 0.3) is 5.91 Å². The number of nitrogens with zero attached hydrogens (tertiary/aromatic N) is 1. The quantitative estimate of drug-likeness (QED) is 0.538. The smallest absolute Gasteiger partial charge is 0.328 e. The van der Waals surface area contributed by atoms with Crippen LogP contribution in [-0.4, -0.2) is 36.4 Å². The summed E-state index contributed by atoms with van der Waals surface area (Å²) in [5.74, 6) is -0.182. The summed E-state index contributed by atoms with van der Waals surface area (Å²) in [6.45, 7) is 11.4. The number of fused-ring (bicyclic) bond motifs is 1. The molecule has 0 spiro atoms. The van der Waals surface area contributed by atoms with Gasteiger partial charge < -0.3 is 9.47 Å². The maximum Gasteiger partial charge on any atom is 0.328 e. The number of ether oxygens (including phenoxy) is 2. The van der Waals surface area contributed by atoms with Gasteiger partial charge in [0, 0.05) is 12.0 Å². The molecule has 1 aliphatic heterocycles. The lowest BCUT2D eigenvalue weighted by molar-refractivity contribution is -0.148. The van der Waals surface area contributed by atoms with Gasteiger partial charge in [0.15, 0.2) is 11.9 Å². The normalized spacial score (nSPS) is 17.6. The summed E-state index contributed by atoms with van der Waals surface area (Å²) in [5.41, 5.74) is 0.925. The Labute approximate surface area is 160 Å². The summed E-state index contributed by atoms with van der Waals surface area (Å²) in [6.07, 6.45) is -0.334. The Hall–Kier alpha value is -2.37. The first-order valence-electron chi connectivity index (χ1n) is 9.50. The van der Waals surface area contributed by atoms with Crippen molar-refractivity contribution in [3.63, 3.8) is 0 Å². The Bertz CT molecular complexity index is 725. The summed E-state index contributed by atoms with van der Waals surface area (Å²) >= 11 is 0. The molecule has 0 radical (unpaired) electrons. The van der Waals surface area contributed by atoms with Crippen LogP contribution in [0.15, 0.2) is 18.2 Å². The van der Waals surface area contributed by atoms with Crippen molar-refractivity contribution in [2.24, 2.45) is 11.8 Å². The minimum absolute atomic E-state index is 0.0359. The number of hydrogen-bond donors (Lipinski definition) is 0. The van der Waals surface area contributed by atoms with Crippen molar-refractivity contribution >= 4 is 23.3 Å². The molecule has 0 bridgehead atoms. The molecule has 0 N–H and O–H groups in total. The van der Waals surface area contributed by atoms with Gasteiger partial charge in [0.2, 0.25) is 0 Å². The van der Waals surface area contributed by atoms with Gasteiger partial charge in [-0.1, -0.05) is 34.6 Å². The number of ketones is 1. The van der Waals surface area contributed by atoms with Gasteiger partial charge in [-0.05, 0) is 37.0 Å². The van der Waals surface area contributed by atoms with Crippen molar-refractivity contribution in [1.82, 2.24) is 0 Å². The Morgan fingerprint density at radius 1 is 1.19 bits per heavy atom. The largest absolute Gasteiger partial charge is 0.478 e. The lowest BCUT2D eigenvalue weighted by atomic mass is 10.00. The van der Waals surface area contributed by atoms with Gasteiger partial charge in [-0.2, -0.15) is 0 Å². The third-order valence-electron chi connectivity index (χ3n) is 4.49. The van der Waals surface area contributed by atoms with Crippen LogP contribution in [0.3, 0.4) is 0 Å². The van der Waals surface area contributed by atoms with Crippen LogP contribution < -0.4 is 9.64 Å². The van der Waals surface area contributed by atoms with Crippen molar-refractivity contribution in [1.29, 1.82) is 0 Å². The van der Waals surface area contributed by atoms with Gasteiger partial charge in [-0.25, -0.2) is 4.79 Å². The second-order valence-electron chi connectivity index (χ2n) is 7.65. The molecule has 0 saturated heterocycles. The zero-order valence-electron chi connectivity index (χ0n) is 16.9. The maximum atomic E-state index is 13.1. The molecular weight excluding hydrogens is 346 g/mol. The first-order valence-corrected chi connectivity index (χ1v) is 9.50. The summed E-state index contributed by atoms with van der Waals surface area (Å²) in [5, 5.41) is 0. The molecule has 1 aromatic carbocycles. The molecule has 0 fully saturated rings. The van der Waals surface area contributed by atoms with E-state index in [1.54, 1.807) is 32.0 Å². The molecule has 0 aromatic heterocycles. The SMILES string of the molecule is CCC(=O)c1ccc2c(c1)N(C(C)C(=O)OCC(C)C)C(=O)C(C(C)C)O2. The molecule has 2 atom stereocenters. The van der Waals surface area contributed by atoms with Gasteiger partial charge in [0.05, 0.1) is 12.3 Å². The fourth-order valence-corrected chi connectivity index (χ4v) is 2.92. The van der Waals surface area contributed by atoms with E-state index in [-0.39, 0.29) is 30.1 Å². The first-order chi connectivity index (χ1) is 12.7. The van der Waals surface area contributed by atoms with E-state index in [2.05, 4.69) is 0 Å². The van der Waals surface area contributed by atoms with Gasteiger partial charge in [-0.3, -0.25) is 14.5 Å². The lowest BCUT2D eigenvalue weighted by Gasteiger charge is -2.38. The fraction of sp³-hybridized carbons (Fsp3) is 0.571. The predicted molar refractivity (Wildman–Crippen MR) is 103 cm³/mol. The van der Waals surface area contributed by atoms with E-state index < -0.39 is 18.1 Å². The van der Waals surface area contributed by atoms with E-state index in [1.807, 2.05) is 27.7 Å². The fourth-order valence-electron chi connectivity index (χ4n) is 2.92. The number of Topliss-reactive ketones (excluding diaryl/α,β-unsaturated/α-hetero) is 1. The maximum absolute atomic E-state index is 13.1. The molecule has 0 aliphatic carbocycles. The zero-order chi connectivity index (χ0) is 20.3. The minimum atomic E-state index is -0.813. The highest BCUT2D eigenvalue weighted by Crippen LogP contribution is 2.38. The van der Waals surface area contributed by atoms with Gasteiger partial charge in [0.1, 0.15) is 11.8 Å². The molecule has 6 heteroatoms. The number of rotatable bonds is 7. The van der Waals surface area contributed by atoms with E-state index in [1.165, 1.54) is 4.90 Å². The van der Waals surface area contributed by atoms with Crippen molar-refractivity contribution in [3.05, 3.63) is 23.8 Å². The molecule has 0 saturated carbocycles. The minimum Gasteiger partial charge on any atom is -0.478 e. The highest BCUT2D eigenvalue weighted by atomic mass is 16.5. The third-order valence-corrected chi connectivity index (χ3v) is 4.49. The van der Waals surface area contributed by atoms with Crippen LogP contribution in [-0.2, 0) is 14.3 Å². The van der Waals surface area contributed by atoms with Crippen LogP contribution >= 0.6 is 0 Å². The Balaban J connectivity index is 2.45. The van der Waals surface area contributed by atoms with Crippen LogP contribution in [0.1, 0.15) is 58.3 Å². The number of carbonyl (C=O) groups is 3. The standard InChI is InChI=1S/C21H29NO5/c1-7-17(23)15-8-9-18-16(10-15)22(20(24)19(27-18)13(4)5)14(6)21(25)26-11-12(2)3/h8-10,12-14,19H,7,11H2,1-6H3. The molecule has 1 amide bonds. The van der Waals surface area contributed by atoms with Crippen LogP contribution in [0.25, 0.3) is 0 Å². The number of benzene rings is 1. The molecule has 1 aliphatic rings. The molecule has 6 nitrogen and oxygen atoms in total. The molecule has 2 rings (SSSR count). The van der Waals surface area contributed by atoms with E-state index in [9.17, 15) is 14.4 Å². The Morgan fingerprint density at radius 2 is 1.85 bits per heavy atom. The van der Waals surface area contributed by atoms with E-state index in [4.69, 9.17) is 9.47 Å². The number of anilines is 1. The third kappa shape index (κ3) is 4.49. The Morgan fingerprint density at radius 3 is 2.41 bits per heavy atom. The first kappa shape index (κ1) is 20.9. The van der Waals surface area contributed by atoms with Crippen molar-refractivity contribution in [2.45, 2.75) is 60.1 Å². The number of hydrogen-bond acceptors (Lipinski definition) is 5. The van der Waals surface area contributed by atoms with Crippen molar-refractivity contribution < 1.29 is 23.9 Å². The topological polar surface area (TPSA) is 72.9 Å². The summed E-state index contributed by atoms with van der Waals surface area (Å²) in [7, 11) is 0. The molecule has 27 heavy (non-hydrogen) atoms. The summed E-state index contributed by atoms with van der Waals surface area (Å²) in [4.78, 5) is 39.1. The van der Waals surface area contributed by atoms with Crippen molar-refractivity contribution in [2.75, 3.05) is 11.5 Å². The summed E-state index contributed by atoms with van der Waals surface area (Å²) in [6, 6.07) is 4.20. The lowest BCUT2D eigenvalue weighted by Crippen LogP contribution is -2.54. The van der Waals surface area contributed by atoms with E-state index in [0.29, 0.717) is 23.4 Å². The molecule has 148 valence electrons. The second-order valence-corrected chi connectivity index (χ2v) is 7.65. The van der Waals surface area contributed by atoms with Crippen LogP contribution in [0.2, 0.25) is 0 Å². The molecule has 1 aromatic rings. The van der Waals surface area contributed by atoms with E-state index >= 15 is 0 Å². The number of carbonyl (C=O) groups excluding carboxylic acids is 3. The second kappa shape index (κ2) is 8.55. The number of amides is 1. The van der Waals surface area contributed by atoms with Crippen LogP contribution in [0.4, 0.5) is 5.69 Å².